The number of amides is 1. The van der Waals surface area contributed by atoms with Gasteiger partial charge in [0, 0.05) is 35.7 Å². The highest BCUT2D eigenvalue weighted by Gasteiger charge is 2.40. The maximum absolute atomic E-state index is 14.3. The van der Waals surface area contributed by atoms with E-state index in [2.05, 4.69) is 15.0 Å². The fourth-order valence-corrected chi connectivity index (χ4v) is 6.48. The van der Waals surface area contributed by atoms with Gasteiger partial charge in [0.05, 0.1) is 17.0 Å². The van der Waals surface area contributed by atoms with E-state index in [0.717, 1.165) is 53.5 Å². The molecule has 0 saturated heterocycles. The fraction of sp³-hybridized carbons (Fsp3) is 0.379. The Morgan fingerprint density at radius 3 is 2.50 bits per heavy atom. The molecule has 236 valence electrons. The quantitative estimate of drug-likeness (QED) is 0.281. The molecule has 1 amide bonds. The highest BCUT2D eigenvalue weighted by molar-refractivity contribution is 7.92. The zero-order chi connectivity index (χ0) is 32.0. The van der Waals surface area contributed by atoms with Crippen molar-refractivity contribution in [2.75, 3.05) is 10.8 Å². The van der Waals surface area contributed by atoms with Gasteiger partial charge in [0.15, 0.2) is 0 Å². The van der Waals surface area contributed by atoms with E-state index < -0.39 is 56.5 Å². The number of rotatable bonds is 9. The topological polar surface area (TPSA) is 97.8 Å². The van der Waals surface area contributed by atoms with Crippen molar-refractivity contribution in [3.05, 3.63) is 66.1 Å². The monoisotopic (exact) mass is 643 g/mol. The first-order valence-corrected chi connectivity index (χ1v) is 14.9. The lowest BCUT2D eigenvalue weighted by atomic mass is 9.95. The van der Waals surface area contributed by atoms with Gasteiger partial charge in [-0.2, -0.15) is 22.0 Å². The van der Waals surface area contributed by atoms with Crippen LogP contribution in [0.3, 0.4) is 0 Å². The Balaban J connectivity index is 1.55. The molecular weight excluding hydrogens is 616 g/mol. The van der Waals surface area contributed by atoms with E-state index in [0.29, 0.717) is 6.07 Å². The molecular formula is C29H27F6N3O5S. The molecule has 1 aliphatic carbocycles. The summed E-state index contributed by atoms with van der Waals surface area (Å²) < 4.78 is 119. The van der Waals surface area contributed by atoms with Crippen molar-refractivity contribution < 1.29 is 49.0 Å². The van der Waals surface area contributed by atoms with Gasteiger partial charge < -0.3 is 14.8 Å². The maximum Gasteiger partial charge on any atom is 0.416 e. The molecule has 15 heteroatoms. The number of fused-ring (bicyclic) bond motifs is 1. The summed E-state index contributed by atoms with van der Waals surface area (Å²) in [6, 6.07) is 7.32. The number of benzene rings is 2. The predicted octanol–water partition coefficient (Wildman–Crippen LogP) is 6.16. The molecule has 44 heavy (non-hydrogen) atoms. The van der Waals surface area contributed by atoms with E-state index in [9.17, 15) is 39.6 Å². The van der Waals surface area contributed by atoms with Crippen LogP contribution in [-0.4, -0.2) is 44.1 Å². The summed E-state index contributed by atoms with van der Waals surface area (Å²) >= 11 is 0. The van der Waals surface area contributed by atoms with E-state index >= 15 is 0 Å². The first kappa shape index (κ1) is 31.4. The number of halogens is 6. The lowest BCUT2D eigenvalue weighted by Gasteiger charge is -2.38. The number of carbonyl (C=O) groups excluding carboxylic acids is 1. The third-order valence-electron chi connectivity index (χ3n) is 7.08. The van der Waals surface area contributed by atoms with Crippen LogP contribution >= 0.6 is 0 Å². The third-order valence-corrected chi connectivity index (χ3v) is 8.85. The van der Waals surface area contributed by atoms with Gasteiger partial charge in [-0.05, 0) is 68.7 Å². The van der Waals surface area contributed by atoms with Gasteiger partial charge in [-0.15, -0.1) is 0 Å². The molecule has 8 nitrogen and oxygen atoms in total. The van der Waals surface area contributed by atoms with Gasteiger partial charge in [-0.3, -0.25) is 9.10 Å². The number of alkyl halides is 5. The second kappa shape index (κ2) is 11.5. The Bertz CT molecular complexity index is 1680. The largest absolute Gasteiger partial charge is 0.471 e. The summed E-state index contributed by atoms with van der Waals surface area (Å²) in [6.45, 7) is -0.139. The van der Waals surface area contributed by atoms with Crippen molar-refractivity contribution in [1.82, 2.24) is 10.3 Å². The molecule has 1 fully saturated rings. The molecule has 2 heterocycles. The number of hydrogen-bond donors (Lipinski definition) is 1. The zero-order valence-electron chi connectivity index (χ0n) is 23.4. The predicted molar refractivity (Wildman–Crippen MR) is 146 cm³/mol. The Kier molecular flexibility index (Phi) is 8.20. The lowest BCUT2D eigenvalue weighted by Crippen LogP contribution is -2.51. The second-order valence-corrected chi connectivity index (χ2v) is 13.1. The number of nitrogens with one attached hydrogen (secondary N) is 1. The average Bonchev–Trinajstić information content (AvgIpc) is 3.77. The summed E-state index contributed by atoms with van der Waals surface area (Å²) in [5.74, 6) is -1.84. The molecule has 0 unspecified atom stereocenters. The molecule has 3 aromatic rings. The van der Waals surface area contributed by atoms with Crippen molar-refractivity contribution >= 4 is 21.6 Å². The van der Waals surface area contributed by atoms with Crippen LogP contribution < -0.4 is 19.1 Å². The summed E-state index contributed by atoms with van der Waals surface area (Å²) in [6.07, 6.45) is -2.85. The van der Waals surface area contributed by atoms with Crippen LogP contribution in [0.2, 0.25) is 0 Å². The Morgan fingerprint density at radius 2 is 1.84 bits per heavy atom. The summed E-state index contributed by atoms with van der Waals surface area (Å²) in [4.78, 5) is 16.0. The molecule has 1 saturated carbocycles. The number of nitrogens with zero attached hydrogens (tertiary/aromatic N) is 2. The normalized spacial score (nSPS) is 17.2. The van der Waals surface area contributed by atoms with E-state index in [1.54, 1.807) is 13.8 Å². The first-order valence-electron chi connectivity index (χ1n) is 13.5. The fourth-order valence-electron chi connectivity index (χ4n) is 4.94. The van der Waals surface area contributed by atoms with Crippen molar-refractivity contribution in [1.29, 1.82) is 0 Å². The smallest absolute Gasteiger partial charge is 0.416 e. The van der Waals surface area contributed by atoms with Crippen LogP contribution in [0.4, 0.5) is 32.0 Å². The number of carbonyl (C=O) groups is 1. The first-order chi connectivity index (χ1) is 20.5. The van der Waals surface area contributed by atoms with Gasteiger partial charge in [0.1, 0.15) is 23.4 Å². The number of hydrogen-bond acceptors (Lipinski definition) is 6. The molecule has 1 N–H and O–H groups in total. The highest BCUT2D eigenvalue weighted by atomic mass is 32.2. The minimum absolute atomic E-state index is 0.0124. The van der Waals surface area contributed by atoms with Crippen molar-refractivity contribution in [3.63, 3.8) is 0 Å². The Hall–Kier alpha value is -4.01. The van der Waals surface area contributed by atoms with E-state index in [1.807, 2.05) is 0 Å². The van der Waals surface area contributed by atoms with Crippen molar-refractivity contribution in [3.8, 4) is 22.8 Å². The van der Waals surface area contributed by atoms with Crippen LogP contribution in [0.25, 0.3) is 11.1 Å². The molecule has 0 bridgehead atoms. The minimum atomic E-state index is -4.81. The highest BCUT2D eigenvalue weighted by Crippen LogP contribution is 2.41. The Morgan fingerprint density at radius 1 is 1.11 bits per heavy atom. The lowest BCUT2D eigenvalue weighted by molar-refractivity contribution is -0.137. The van der Waals surface area contributed by atoms with Crippen LogP contribution in [-0.2, 0) is 21.0 Å². The van der Waals surface area contributed by atoms with E-state index in [-0.39, 0.29) is 47.5 Å². The van der Waals surface area contributed by atoms with Gasteiger partial charge in [0.2, 0.25) is 11.8 Å². The van der Waals surface area contributed by atoms with Crippen molar-refractivity contribution in [2.45, 2.75) is 62.4 Å². The van der Waals surface area contributed by atoms with Crippen LogP contribution in [0.5, 0.6) is 11.6 Å². The van der Waals surface area contributed by atoms with Crippen molar-refractivity contribution in [2.24, 2.45) is 5.92 Å². The van der Waals surface area contributed by atoms with Gasteiger partial charge >= 0.3 is 12.8 Å². The van der Waals surface area contributed by atoms with Crippen LogP contribution in [0.15, 0.2) is 59.6 Å². The molecule has 2 aromatic carbocycles. The summed E-state index contributed by atoms with van der Waals surface area (Å²) in [5.41, 5.74) is -2.10. The second-order valence-electron chi connectivity index (χ2n) is 11.3. The average molecular weight is 644 g/mol. The molecule has 1 atom stereocenters. The maximum atomic E-state index is 14.3. The third kappa shape index (κ3) is 7.03. The van der Waals surface area contributed by atoms with Crippen LogP contribution in [0, 0.1) is 11.7 Å². The number of anilines is 1. The van der Waals surface area contributed by atoms with E-state index in [1.165, 1.54) is 12.3 Å². The zero-order valence-corrected chi connectivity index (χ0v) is 24.2. The number of sulfonamides is 1. The molecule has 2 aliphatic rings. The summed E-state index contributed by atoms with van der Waals surface area (Å²) in [5, 5.41) is 2.92. The SMILES string of the molecule is CC(C)(C[C@H]1CN(S(=O)(=O)c2cccc(C(F)(F)F)c2)c2cc(-c3cc(F)cc(OC(F)F)c3)cnc2O1)NC(=O)C1CC1. The molecule has 1 aromatic heterocycles. The van der Waals surface area contributed by atoms with Gasteiger partial charge in [-0.25, -0.2) is 17.8 Å². The molecule has 0 radical (unpaired) electrons. The van der Waals surface area contributed by atoms with E-state index in [4.69, 9.17) is 4.74 Å². The van der Waals surface area contributed by atoms with Crippen LogP contribution in [0.1, 0.15) is 38.7 Å². The minimum Gasteiger partial charge on any atom is -0.471 e. The summed E-state index contributed by atoms with van der Waals surface area (Å²) in [7, 11) is -4.68. The Labute approximate surface area is 249 Å². The number of ether oxygens (including phenoxy) is 2. The molecule has 5 rings (SSSR count). The number of aromatic nitrogens is 1. The van der Waals surface area contributed by atoms with Gasteiger partial charge in [-0.1, -0.05) is 6.07 Å². The molecule has 1 aliphatic heterocycles. The number of pyridine rings is 1. The standard InChI is InChI=1S/C29H27F6N3O5S/c1-28(2,37-25(39)16-6-7-16)13-22-15-38(44(40,41)23-5-3-4-19(11-23)29(33,34)35)24-10-18(14-36-26(24)42-22)17-8-20(30)12-21(9-17)43-27(31)32/h3-5,8-12,14,16,22,27H,6-7,13,15H2,1-2H3,(H,37,39)/t22-/m0/s1. The molecule has 0 spiro atoms. The van der Waals surface area contributed by atoms with Gasteiger partial charge in [0.25, 0.3) is 10.0 Å².